The van der Waals surface area contributed by atoms with Gasteiger partial charge in [-0.25, -0.2) is 4.39 Å². The summed E-state index contributed by atoms with van der Waals surface area (Å²) in [6.45, 7) is 5.57. The maximum Gasteiger partial charge on any atom is 0.141 e. The SMILES string of the molecule is Cc1cnn(CCNC(C)c2cncc(F)c2)c1. The first-order chi connectivity index (χ1) is 8.65. The number of aromatic nitrogens is 3. The molecule has 0 saturated heterocycles. The number of halogens is 1. The number of rotatable bonds is 5. The van der Waals surface area contributed by atoms with Crippen LogP contribution in [0.25, 0.3) is 0 Å². The van der Waals surface area contributed by atoms with E-state index in [0.29, 0.717) is 0 Å². The van der Waals surface area contributed by atoms with E-state index in [1.165, 1.54) is 12.3 Å². The summed E-state index contributed by atoms with van der Waals surface area (Å²) in [5, 5.41) is 7.52. The van der Waals surface area contributed by atoms with Gasteiger partial charge in [-0.15, -0.1) is 0 Å². The Hall–Kier alpha value is -1.75. The van der Waals surface area contributed by atoms with Gasteiger partial charge in [0.2, 0.25) is 0 Å². The van der Waals surface area contributed by atoms with Gasteiger partial charge in [-0.3, -0.25) is 9.67 Å². The molecule has 1 atom stereocenters. The molecule has 0 bridgehead atoms. The van der Waals surface area contributed by atoms with Crippen molar-refractivity contribution in [2.75, 3.05) is 6.54 Å². The Bertz CT molecular complexity index is 509. The van der Waals surface area contributed by atoms with E-state index in [2.05, 4.69) is 15.4 Å². The second kappa shape index (κ2) is 5.73. The molecule has 1 N–H and O–H groups in total. The fraction of sp³-hybridized carbons (Fsp3) is 0.385. The van der Waals surface area contributed by atoms with Gasteiger partial charge in [-0.1, -0.05) is 0 Å². The molecule has 0 spiro atoms. The lowest BCUT2D eigenvalue weighted by atomic mass is 10.1. The topological polar surface area (TPSA) is 42.7 Å². The molecular weight excluding hydrogens is 231 g/mol. The van der Waals surface area contributed by atoms with Crippen molar-refractivity contribution >= 4 is 0 Å². The highest BCUT2D eigenvalue weighted by Crippen LogP contribution is 2.11. The number of pyridine rings is 1. The Balaban J connectivity index is 1.83. The van der Waals surface area contributed by atoms with Crippen molar-refractivity contribution in [2.24, 2.45) is 0 Å². The summed E-state index contributed by atoms with van der Waals surface area (Å²) in [7, 11) is 0. The molecule has 2 aromatic rings. The van der Waals surface area contributed by atoms with Gasteiger partial charge >= 0.3 is 0 Å². The maximum atomic E-state index is 13.0. The zero-order valence-corrected chi connectivity index (χ0v) is 10.6. The normalized spacial score (nSPS) is 12.6. The summed E-state index contributed by atoms with van der Waals surface area (Å²) in [5.74, 6) is -0.302. The van der Waals surface area contributed by atoms with Crippen LogP contribution in [0.5, 0.6) is 0 Å². The first kappa shape index (κ1) is 12.7. The quantitative estimate of drug-likeness (QED) is 0.881. The van der Waals surface area contributed by atoms with Crippen LogP contribution in [0, 0.1) is 12.7 Å². The Kier molecular flexibility index (Phi) is 4.04. The third-order valence-electron chi connectivity index (χ3n) is 2.78. The highest BCUT2D eigenvalue weighted by Gasteiger charge is 2.06. The highest BCUT2D eigenvalue weighted by atomic mass is 19.1. The summed E-state index contributed by atoms with van der Waals surface area (Å²) >= 11 is 0. The smallest absolute Gasteiger partial charge is 0.141 e. The molecule has 0 saturated carbocycles. The Morgan fingerprint density at radius 2 is 2.22 bits per heavy atom. The van der Waals surface area contributed by atoms with Gasteiger partial charge in [0.1, 0.15) is 5.82 Å². The van der Waals surface area contributed by atoms with E-state index in [4.69, 9.17) is 0 Å². The number of nitrogens with zero attached hydrogens (tertiary/aromatic N) is 3. The van der Waals surface area contributed by atoms with Crippen LogP contribution in [0.4, 0.5) is 4.39 Å². The van der Waals surface area contributed by atoms with Crippen molar-refractivity contribution < 1.29 is 4.39 Å². The Morgan fingerprint density at radius 1 is 1.39 bits per heavy atom. The molecule has 0 amide bonds. The van der Waals surface area contributed by atoms with Crippen LogP contribution >= 0.6 is 0 Å². The first-order valence-corrected chi connectivity index (χ1v) is 5.98. The highest BCUT2D eigenvalue weighted by molar-refractivity contribution is 5.14. The minimum Gasteiger partial charge on any atom is -0.308 e. The van der Waals surface area contributed by atoms with Gasteiger partial charge in [0, 0.05) is 25.0 Å². The Morgan fingerprint density at radius 3 is 2.89 bits per heavy atom. The maximum absolute atomic E-state index is 13.0. The van der Waals surface area contributed by atoms with Crippen molar-refractivity contribution in [2.45, 2.75) is 26.4 Å². The van der Waals surface area contributed by atoms with E-state index < -0.39 is 0 Å². The van der Waals surface area contributed by atoms with E-state index >= 15 is 0 Å². The van der Waals surface area contributed by atoms with Crippen LogP contribution in [-0.4, -0.2) is 21.3 Å². The molecule has 96 valence electrons. The molecule has 1 unspecified atom stereocenters. The van der Waals surface area contributed by atoms with E-state index in [1.807, 2.05) is 30.9 Å². The van der Waals surface area contributed by atoms with Gasteiger partial charge in [0.25, 0.3) is 0 Å². The van der Waals surface area contributed by atoms with Crippen LogP contribution in [-0.2, 0) is 6.54 Å². The predicted molar refractivity (Wildman–Crippen MR) is 67.6 cm³/mol. The summed E-state index contributed by atoms with van der Waals surface area (Å²) < 4.78 is 14.9. The molecule has 0 aliphatic carbocycles. The molecule has 5 heteroatoms. The first-order valence-electron chi connectivity index (χ1n) is 5.98. The monoisotopic (exact) mass is 248 g/mol. The summed E-state index contributed by atoms with van der Waals surface area (Å²) in [6, 6.07) is 1.58. The number of aryl methyl sites for hydroxylation is 1. The number of hydrogen-bond donors (Lipinski definition) is 1. The lowest BCUT2D eigenvalue weighted by Crippen LogP contribution is -2.23. The third kappa shape index (κ3) is 3.37. The van der Waals surface area contributed by atoms with Crippen LogP contribution < -0.4 is 5.32 Å². The molecule has 2 heterocycles. The van der Waals surface area contributed by atoms with Crippen molar-refractivity contribution in [1.29, 1.82) is 0 Å². The summed E-state index contributed by atoms with van der Waals surface area (Å²) in [6.07, 6.45) is 6.72. The molecule has 0 aliphatic rings. The molecule has 18 heavy (non-hydrogen) atoms. The molecule has 2 rings (SSSR count). The van der Waals surface area contributed by atoms with Crippen LogP contribution in [0.3, 0.4) is 0 Å². The standard InChI is InChI=1S/C13H17FN4/c1-10-6-17-18(9-10)4-3-16-11(2)12-5-13(14)8-15-7-12/h5-9,11,16H,3-4H2,1-2H3. The lowest BCUT2D eigenvalue weighted by molar-refractivity contribution is 0.503. The molecular formula is C13H17FN4. The largest absolute Gasteiger partial charge is 0.308 e. The summed E-state index contributed by atoms with van der Waals surface area (Å²) in [4.78, 5) is 3.84. The van der Waals surface area contributed by atoms with Gasteiger partial charge in [0.05, 0.1) is 18.9 Å². The van der Waals surface area contributed by atoms with Gasteiger partial charge in [-0.2, -0.15) is 5.10 Å². The van der Waals surface area contributed by atoms with Crippen molar-refractivity contribution in [3.63, 3.8) is 0 Å². The van der Waals surface area contributed by atoms with Crippen LogP contribution in [0.15, 0.2) is 30.9 Å². The minimum absolute atomic E-state index is 0.0739. The fourth-order valence-corrected chi connectivity index (χ4v) is 1.77. The molecule has 4 nitrogen and oxygen atoms in total. The predicted octanol–water partition coefficient (Wildman–Crippen LogP) is 2.08. The zero-order chi connectivity index (χ0) is 13.0. The fourth-order valence-electron chi connectivity index (χ4n) is 1.77. The molecule has 0 aromatic carbocycles. The average Bonchev–Trinajstić information content (AvgIpc) is 2.75. The van der Waals surface area contributed by atoms with Gasteiger partial charge in [0.15, 0.2) is 0 Å². The second-order valence-electron chi connectivity index (χ2n) is 4.39. The number of hydrogen-bond acceptors (Lipinski definition) is 3. The Labute approximate surface area is 106 Å². The molecule has 0 aliphatic heterocycles. The lowest BCUT2D eigenvalue weighted by Gasteiger charge is -2.13. The third-order valence-corrected chi connectivity index (χ3v) is 2.78. The molecule has 2 aromatic heterocycles. The van der Waals surface area contributed by atoms with E-state index in [9.17, 15) is 4.39 Å². The van der Waals surface area contributed by atoms with Gasteiger partial charge in [-0.05, 0) is 31.0 Å². The van der Waals surface area contributed by atoms with Crippen molar-refractivity contribution in [3.05, 3.63) is 47.8 Å². The number of nitrogens with one attached hydrogen (secondary N) is 1. The summed E-state index contributed by atoms with van der Waals surface area (Å²) in [5.41, 5.74) is 2.00. The van der Waals surface area contributed by atoms with Crippen LogP contribution in [0.2, 0.25) is 0 Å². The zero-order valence-electron chi connectivity index (χ0n) is 10.6. The van der Waals surface area contributed by atoms with E-state index in [1.54, 1.807) is 6.20 Å². The molecule has 0 radical (unpaired) electrons. The van der Waals surface area contributed by atoms with E-state index in [-0.39, 0.29) is 11.9 Å². The van der Waals surface area contributed by atoms with Gasteiger partial charge < -0.3 is 5.32 Å². The van der Waals surface area contributed by atoms with Crippen LogP contribution in [0.1, 0.15) is 24.1 Å². The minimum atomic E-state index is -0.302. The van der Waals surface area contributed by atoms with Crippen molar-refractivity contribution in [3.8, 4) is 0 Å². The average molecular weight is 248 g/mol. The second-order valence-corrected chi connectivity index (χ2v) is 4.39. The van der Waals surface area contributed by atoms with Crippen molar-refractivity contribution in [1.82, 2.24) is 20.1 Å². The molecule has 0 fully saturated rings. The van der Waals surface area contributed by atoms with E-state index in [0.717, 1.165) is 24.2 Å².